The lowest BCUT2D eigenvalue weighted by atomic mass is 10.0. The monoisotopic (exact) mass is 742 g/mol. The molecule has 0 heterocycles. The molecule has 0 fully saturated rings. The minimum absolute atomic E-state index is 0.0394. The van der Waals surface area contributed by atoms with Crippen LogP contribution in [0.25, 0.3) is 0 Å². The number of unbranched alkanes of at least 4 members (excludes halogenated alkanes) is 27. The maximum atomic E-state index is 12.4. The highest BCUT2D eigenvalue weighted by Gasteiger charge is 2.20. The lowest BCUT2D eigenvalue weighted by Crippen LogP contribution is -2.45. The summed E-state index contributed by atoms with van der Waals surface area (Å²) in [6.07, 6.45) is 60.5. The molecule has 0 saturated heterocycles. The van der Waals surface area contributed by atoms with Crippen LogP contribution in [0.1, 0.15) is 239 Å². The fourth-order valence-corrected chi connectivity index (χ4v) is 7.06. The molecule has 1 amide bonds. The summed E-state index contributed by atoms with van der Waals surface area (Å²) in [5.74, 6) is -0.0394. The van der Waals surface area contributed by atoms with Crippen LogP contribution >= 0.6 is 0 Å². The van der Waals surface area contributed by atoms with Crippen molar-refractivity contribution < 1.29 is 15.0 Å². The van der Waals surface area contributed by atoms with Gasteiger partial charge in [-0.3, -0.25) is 4.79 Å². The highest BCUT2D eigenvalue weighted by Crippen LogP contribution is 2.16. The van der Waals surface area contributed by atoms with Gasteiger partial charge in [-0.25, -0.2) is 0 Å². The second-order valence-corrected chi connectivity index (χ2v) is 15.8. The third-order valence-corrected chi connectivity index (χ3v) is 10.6. The quantitative estimate of drug-likeness (QED) is 0.0431. The van der Waals surface area contributed by atoms with Crippen LogP contribution in [-0.4, -0.2) is 34.9 Å². The molecule has 0 aromatic rings. The molecule has 0 aromatic heterocycles. The Bertz CT molecular complexity index is 847. The van der Waals surface area contributed by atoms with Crippen LogP contribution in [0, 0.1) is 0 Å². The number of hydrogen-bond donors (Lipinski definition) is 3. The van der Waals surface area contributed by atoms with Gasteiger partial charge in [-0.1, -0.05) is 229 Å². The van der Waals surface area contributed by atoms with Crippen LogP contribution in [0.2, 0.25) is 0 Å². The summed E-state index contributed by atoms with van der Waals surface area (Å²) in [7, 11) is 0. The summed E-state index contributed by atoms with van der Waals surface area (Å²) in [4.78, 5) is 12.4. The van der Waals surface area contributed by atoms with Gasteiger partial charge in [-0.05, 0) is 51.4 Å². The Hall–Kier alpha value is -1.65. The molecule has 0 spiro atoms. The Morgan fingerprint density at radius 2 is 0.830 bits per heavy atom. The van der Waals surface area contributed by atoms with E-state index in [9.17, 15) is 15.0 Å². The van der Waals surface area contributed by atoms with Crippen molar-refractivity contribution in [2.75, 3.05) is 6.61 Å². The van der Waals surface area contributed by atoms with E-state index in [1.165, 1.54) is 161 Å². The molecule has 0 saturated carbocycles. The summed E-state index contributed by atoms with van der Waals surface area (Å²) < 4.78 is 0. The molecule has 0 bridgehead atoms. The Morgan fingerprint density at radius 1 is 0.472 bits per heavy atom. The second-order valence-electron chi connectivity index (χ2n) is 15.8. The van der Waals surface area contributed by atoms with Gasteiger partial charge in [0.15, 0.2) is 0 Å². The SMILES string of the molecule is CC/C=C\C/C=C\C/C=C\C/C=C\CCCCCCCCCCC(=O)NC(CO)C(O)CCCCCCCCCCCCCCCCCCCCCC. The van der Waals surface area contributed by atoms with Crippen molar-refractivity contribution in [3.8, 4) is 0 Å². The fourth-order valence-electron chi connectivity index (χ4n) is 7.06. The first-order valence-electron chi connectivity index (χ1n) is 23.3. The maximum absolute atomic E-state index is 12.4. The van der Waals surface area contributed by atoms with Crippen molar-refractivity contribution in [1.82, 2.24) is 5.32 Å². The van der Waals surface area contributed by atoms with Crippen LogP contribution in [0.15, 0.2) is 48.6 Å². The van der Waals surface area contributed by atoms with E-state index in [2.05, 4.69) is 67.8 Å². The highest BCUT2D eigenvalue weighted by molar-refractivity contribution is 5.76. The van der Waals surface area contributed by atoms with E-state index in [4.69, 9.17) is 0 Å². The molecule has 0 aliphatic rings. The van der Waals surface area contributed by atoms with Gasteiger partial charge in [-0.2, -0.15) is 0 Å². The molecule has 0 radical (unpaired) electrons. The summed E-state index contributed by atoms with van der Waals surface area (Å²) in [6, 6.07) is -0.542. The average molecular weight is 742 g/mol. The number of rotatable bonds is 42. The first kappa shape index (κ1) is 51.4. The normalized spacial score (nSPS) is 13.4. The highest BCUT2D eigenvalue weighted by atomic mass is 16.3. The summed E-state index contributed by atoms with van der Waals surface area (Å²) >= 11 is 0. The number of hydrogen-bond acceptors (Lipinski definition) is 3. The molecule has 0 rings (SSSR count). The third kappa shape index (κ3) is 41.4. The molecule has 3 N–H and O–H groups in total. The number of carbonyl (C=O) groups is 1. The molecule has 0 aliphatic carbocycles. The van der Waals surface area contributed by atoms with Crippen molar-refractivity contribution in [3.05, 3.63) is 48.6 Å². The van der Waals surface area contributed by atoms with Crippen LogP contribution in [0.5, 0.6) is 0 Å². The number of aliphatic hydroxyl groups is 2. The summed E-state index contributed by atoms with van der Waals surface area (Å²) in [5, 5.41) is 23.2. The first-order chi connectivity index (χ1) is 26.2. The van der Waals surface area contributed by atoms with Crippen molar-refractivity contribution in [2.45, 2.75) is 251 Å². The van der Waals surface area contributed by atoms with E-state index in [-0.39, 0.29) is 12.5 Å². The van der Waals surface area contributed by atoms with Gasteiger partial charge in [0.1, 0.15) is 0 Å². The Balaban J connectivity index is 3.53. The molecule has 4 nitrogen and oxygen atoms in total. The smallest absolute Gasteiger partial charge is 0.220 e. The summed E-state index contributed by atoms with van der Waals surface area (Å²) in [6.45, 7) is 4.25. The van der Waals surface area contributed by atoms with Crippen molar-refractivity contribution >= 4 is 5.91 Å². The van der Waals surface area contributed by atoms with Crippen molar-refractivity contribution in [1.29, 1.82) is 0 Å². The predicted octanol–water partition coefficient (Wildman–Crippen LogP) is 14.7. The molecule has 310 valence electrons. The standard InChI is InChI=1S/C49H91NO3/c1-3-5-7-9-11-13-15-17-19-21-23-25-27-29-31-33-35-37-39-41-43-45-49(53)50-47(46-51)48(52)44-42-40-38-36-34-32-30-28-26-24-22-20-18-16-14-12-10-8-6-4-2/h5,7,11,13,17,19,23,25,47-48,51-52H,3-4,6,8-10,12,14-16,18,20-22,24,26-46H2,1-2H3,(H,50,53)/b7-5-,13-11-,19-17-,25-23-. The predicted molar refractivity (Wildman–Crippen MR) is 235 cm³/mol. The minimum Gasteiger partial charge on any atom is -0.394 e. The number of aliphatic hydroxyl groups excluding tert-OH is 2. The molecule has 53 heavy (non-hydrogen) atoms. The lowest BCUT2D eigenvalue weighted by molar-refractivity contribution is -0.123. The topological polar surface area (TPSA) is 69.6 Å². The molecule has 0 aromatic carbocycles. The van der Waals surface area contributed by atoms with Crippen LogP contribution in [0.4, 0.5) is 0 Å². The van der Waals surface area contributed by atoms with Crippen molar-refractivity contribution in [2.24, 2.45) is 0 Å². The molecule has 2 atom stereocenters. The Kier molecular flexibility index (Phi) is 43.4. The van der Waals surface area contributed by atoms with E-state index in [1.54, 1.807) is 0 Å². The molecular formula is C49H91NO3. The molecule has 2 unspecified atom stereocenters. The Morgan fingerprint density at radius 3 is 1.25 bits per heavy atom. The van der Waals surface area contributed by atoms with Gasteiger partial charge >= 0.3 is 0 Å². The summed E-state index contributed by atoms with van der Waals surface area (Å²) in [5.41, 5.74) is 0. The zero-order valence-corrected chi connectivity index (χ0v) is 35.5. The average Bonchev–Trinajstić information content (AvgIpc) is 3.16. The van der Waals surface area contributed by atoms with E-state index < -0.39 is 12.1 Å². The van der Waals surface area contributed by atoms with Crippen LogP contribution in [0.3, 0.4) is 0 Å². The first-order valence-corrected chi connectivity index (χ1v) is 23.3. The van der Waals surface area contributed by atoms with Gasteiger partial charge in [-0.15, -0.1) is 0 Å². The maximum Gasteiger partial charge on any atom is 0.220 e. The number of carbonyl (C=O) groups excluding carboxylic acids is 1. The number of amides is 1. The molecule has 0 aliphatic heterocycles. The van der Waals surface area contributed by atoms with Gasteiger partial charge in [0.2, 0.25) is 5.91 Å². The zero-order chi connectivity index (χ0) is 38.6. The molecular weight excluding hydrogens is 651 g/mol. The number of nitrogens with one attached hydrogen (secondary N) is 1. The van der Waals surface area contributed by atoms with Crippen LogP contribution in [-0.2, 0) is 4.79 Å². The van der Waals surface area contributed by atoms with Gasteiger partial charge in [0.25, 0.3) is 0 Å². The van der Waals surface area contributed by atoms with Gasteiger partial charge in [0.05, 0.1) is 18.8 Å². The largest absolute Gasteiger partial charge is 0.394 e. The Labute approximate surface area is 331 Å². The fraction of sp³-hybridized carbons (Fsp3) is 0.816. The van der Waals surface area contributed by atoms with E-state index in [0.29, 0.717) is 12.8 Å². The minimum atomic E-state index is -0.664. The van der Waals surface area contributed by atoms with E-state index in [1.807, 2.05) is 0 Å². The van der Waals surface area contributed by atoms with Crippen molar-refractivity contribution in [3.63, 3.8) is 0 Å². The number of allylic oxidation sites excluding steroid dienone is 8. The van der Waals surface area contributed by atoms with Gasteiger partial charge < -0.3 is 15.5 Å². The van der Waals surface area contributed by atoms with Crippen LogP contribution < -0.4 is 5.32 Å². The van der Waals surface area contributed by atoms with Gasteiger partial charge in [0, 0.05) is 6.42 Å². The third-order valence-electron chi connectivity index (χ3n) is 10.6. The lowest BCUT2D eigenvalue weighted by Gasteiger charge is -2.22. The zero-order valence-electron chi connectivity index (χ0n) is 35.5. The molecule has 4 heteroatoms. The second kappa shape index (κ2) is 44.7. The van der Waals surface area contributed by atoms with E-state index in [0.717, 1.165) is 51.4 Å². The van der Waals surface area contributed by atoms with E-state index >= 15 is 0 Å².